The molecule has 1 radical (unpaired) electrons. The Hall–Kier alpha value is -0.770. The molecule has 4 nitrogen and oxygen atoms in total. The molecule has 1 amide bonds. The molecule has 1 fully saturated rings. The molecule has 1 N–H and O–H groups in total. The third-order valence-electron chi connectivity index (χ3n) is 1.99. The van der Waals surface area contributed by atoms with Crippen molar-refractivity contribution in [3.8, 4) is 0 Å². The first-order chi connectivity index (χ1) is 6.37. The van der Waals surface area contributed by atoms with Gasteiger partial charge >= 0.3 is 6.09 Å². The summed E-state index contributed by atoms with van der Waals surface area (Å²) in [6, 6.07) is 0.183. The SMILES string of the molecule is [CH2]N1CC[C@@H](NC(=O)OC(C)(C)C)C1. The Bertz CT molecular complexity index is 211. The van der Waals surface area contributed by atoms with Gasteiger partial charge in [0.2, 0.25) is 0 Å². The summed E-state index contributed by atoms with van der Waals surface area (Å²) in [5.74, 6) is 0. The van der Waals surface area contributed by atoms with Gasteiger partial charge in [0.1, 0.15) is 5.60 Å². The Balaban J connectivity index is 2.27. The van der Waals surface area contributed by atoms with Gasteiger partial charge < -0.3 is 10.1 Å². The van der Waals surface area contributed by atoms with Crippen LogP contribution in [-0.4, -0.2) is 35.7 Å². The lowest BCUT2D eigenvalue weighted by molar-refractivity contribution is 0.0507. The molecule has 14 heavy (non-hydrogen) atoms. The van der Waals surface area contributed by atoms with Crippen molar-refractivity contribution < 1.29 is 9.53 Å². The number of rotatable bonds is 1. The summed E-state index contributed by atoms with van der Waals surface area (Å²) < 4.78 is 5.15. The molecule has 1 saturated heterocycles. The third kappa shape index (κ3) is 3.96. The van der Waals surface area contributed by atoms with Crippen molar-refractivity contribution in [2.75, 3.05) is 13.1 Å². The molecule has 0 aromatic rings. The van der Waals surface area contributed by atoms with Crippen LogP contribution in [-0.2, 0) is 4.74 Å². The van der Waals surface area contributed by atoms with E-state index in [0.717, 1.165) is 19.5 Å². The normalized spacial score (nSPS) is 23.6. The zero-order valence-electron chi connectivity index (χ0n) is 9.17. The number of nitrogens with zero attached hydrogens (tertiary/aromatic N) is 1. The van der Waals surface area contributed by atoms with E-state index in [-0.39, 0.29) is 12.1 Å². The molecular formula is C10H19N2O2. The average molecular weight is 199 g/mol. The maximum Gasteiger partial charge on any atom is 0.407 e. The van der Waals surface area contributed by atoms with E-state index in [9.17, 15) is 4.79 Å². The molecule has 81 valence electrons. The number of ether oxygens (including phenoxy) is 1. The Morgan fingerprint density at radius 2 is 2.21 bits per heavy atom. The highest BCUT2D eigenvalue weighted by molar-refractivity contribution is 5.68. The second kappa shape index (κ2) is 4.17. The fourth-order valence-corrected chi connectivity index (χ4v) is 1.42. The first-order valence-corrected chi connectivity index (χ1v) is 4.92. The topological polar surface area (TPSA) is 41.6 Å². The first kappa shape index (κ1) is 11.3. The fraction of sp³-hybridized carbons (Fsp3) is 0.800. The van der Waals surface area contributed by atoms with Crippen molar-refractivity contribution in [3.63, 3.8) is 0 Å². The smallest absolute Gasteiger partial charge is 0.407 e. The van der Waals surface area contributed by atoms with Crippen molar-refractivity contribution in [3.05, 3.63) is 7.05 Å². The number of carbonyl (C=O) groups is 1. The Morgan fingerprint density at radius 3 is 2.64 bits per heavy atom. The van der Waals surface area contributed by atoms with Gasteiger partial charge in [-0.25, -0.2) is 4.79 Å². The van der Waals surface area contributed by atoms with Crippen LogP contribution in [0.5, 0.6) is 0 Å². The van der Waals surface area contributed by atoms with Crippen LogP contribution in [0.3, 0.4) is 0 Å². The van der Waals surface area contributed by atoms with Crippen LogP contribution in [0.4, 0.5) is 4.79 Å². The number of carbonyl (C=O) groups excluding carboxylic acids is 1. The quantitative estimate of drug-likeness (QED) is 0.693. The third-order valence-corrected chi connectivity index (χ3v) is 1.99. The lowest BCUT2D eigenvalue weighted by Gasteiger charge is -2.21. The highest BCUT2D eigenvalue weighted by atomic mass is 16.6. The van der Waals surface area contributed by atoms with Crippen LogP contribution in [0.1, 0.15) is 27.2 Å². The molecule has 0 unspecified atom stereocenters. The van der Waals surface area contributed by atoms with E-state index < -0.39 is 5.60 Å². The molecule has 1 atom stereocenters. The van der Waals surface area contributed by atoms with Crippen LogP contribution in [0.25, 0.3) is 0 Å². The van der Waals surface area contributed by atoms with Gasteiger partial charge in [0.05, 0.1) is 0 Å². The van der Waals surface area contributed by atoms with Crippen LogP contribution in [0, 0.1) is 7.05 Å². The lowest BCUT2D eigenvalue weighted by Crippen LogP contribution is -2.40. The van der Waals surface area contributed by atoms with Gasteiger partial charge in [-0.2, -0.15) is 0 Å². The van der Waals surface area contributed by atoms with E-state index >= 15 is 0 Å². The fourth-order valence-electron chi connectivity index (χ4n) is 1.42. The van der Waals surface area contributed by atoms with Gasteiger partial charge in [-0.3, -0.25) is 4.90 Å². The number of alkyl carbamates (subject to hydrolysis) is 1. The predicted octanol–water partition coefficient (Wildman–Crippen LogP) is 1.38. The van der Waals surface area contributed by atoms with E-state index in [0.29, 0.717) is 0 Å². The molecule has 1 aliphatic rings. The summed E-state index contributed by atoms with van der Waals surface area (Å²) in [6.45, 7) is 7.30. The monoisotopic (exact) mass is 199 g/mol. The van der Waals surface area contributed by atoms with E-state index in [4.69, 9.17) is 4.74 Å². The van der Waals surface area contributed by atoms with Crippen LogP contribution in [0.2, 0.25) is 0 Å². The lowest BCUT2D eigenvalue weighted by atomic mass is 10.2. The summed E-state index contributed by atoms with van der Waals surface area (Å²) in [5.41, 5.74) is -0.424. The standard InChI is InChI=1S/C10H19N2O2/c1-10(2,3)14-9(13)11-8-5-6-12(4)7-8/h8H,4-7H2,1-3H3,(H,11,13)/t8-/m1/s1. The molecule has 0 aromatic carbocycles. The van der Waals surface area contributed by atoms with Gasteiger partial charge in [-0.15, -0.1) is 0 Å². The number of nitrogens with one attached hydrogen (secondary N) is 1. The van der Waals surface area contributed by atoms with E-state index in [1.807, 2.05) is 25.7 Å². The predicted molar refractivity (Wildman–Crippen MR) is 54.7 cm³/mol. The molecule has 1 aliphatic heterocycles. The number of amides is 1. The minimum atomic E-state index is -0.424. The summed E-state index contributed by atoms with van der Waals surface area (Å²) in [7, 11) is 3.81. The second-order valence-corrected chi connectivity index (χ2v) is 4.71. The summed E-state index contributed by atoms with van der Waals surface area (Å²) in [4.78, 5) is 13.3. The molecule has 4 heteroatoms. The molecular weight excluding hydrogens is 180 g/mol. The largest absolute Gasteiger partial charge is 0.444 e. The number of hydrogen-bond acceptors (Lipinski definition) is 3. The van der Waals surface area contributed by atoms with E-state index in [1.165, 1.54) is 0 Å². The molecule has 1 heterocycles. The zero-order chi connectivity index (χ0) is 10.8. The molecule has 0 bridgehead atoms. The first-order valence-electron chi connectivity index (χ1n) is 4.92. The van der Waals surface area contributed by atoms with Crippen LogP contribution in [0.15, 0.2) is 0 Å². The second-order valence-electron chi connectivity index (χ2n) is 4.71. The summed E-state index contributed by atoms with van der Waals surface area (Å²) in [5, 5.41) is 2.82. The Morgan fingerprint density at radius 1 is 1.57 bits per heavy atom. The van der Waals surface area contributed by atoms with Crippen LogP contribution >= 0.6 is 0 Å². The molecule has 0 saturated carbocycles. The summed E-state index contributed by atoms with van der Waals surface area (Å²) in [6.07, 6.45) is 0.612. The van der Waals surface area contributed by atoms with Gasteiger partial charge in [0, 0.05) is 26.2 Å². The van der Waals surface area contributed by atoms with Crippen molar-refractivity contribution in [1.29, 1.82) is 0 Å². The minimum absolute atomic E-state index is 0.183. The van der Waals surface area contributed by atoms with Crippen molar-refractivity contribution >= 4 is 6.09 Å². The number of hydrogen-bond donors (Lipinski definition) is 1. The maximum atomic E-state index is 11.3. The van der Waals surface area contributed by atoms with Crippen LogP contribution < -0.4 is 5.32 Å². The van der Waals surface area contributed by atoms with Crippen molar-refractivity contribution in [2.24, 2.45) is 0 Å². The molecule has 1 rings (SSSR count). The van der Waals surface area contributed by atoms with Gasteiger partial charge in [0.15, 0.2) is 0 Å². The average Bonchev–Trinajstić information content (AvgIpc) is 2.30. The van der Waals surface area contributed by atoms with Gasteiger partial charge in [-0.05, 0) is 27.2 Å². The minimum Gasteiger partial charge on any atom is -0.444 e. The van der Waals surface area contributed by atoms with E-state index in [2.05, 4.69) is 12.4 Å². The molecule has 0 spiro atoms. The Labute approximate surface area is 85.6 Å². The highest BCUT2D eigenvalue weighted by Crippen LogP contribution is 2.10. The summed E-state index contributed by atoms with van der Waals surface area (Å²) >= 11 is 0. The maximum absolute atomic E-state index is 11.3. The Kier molecular flexibility index (Phi) is 3.37. The van der Waals surface area contributed by atoms with Gasteiger partial charge in [-0.1, -0.05) is 0 Å². The number of likely N-dealkylation sites (tertiary alicyclic amines) is 1. The van der Waals surface area contributed by atoms with Gasteiger partial charge in [0.25, 0.3) is 0 Å². The highest BCUT2D eigenvalue weighted by Gasteiger charge is 2.23. The van der Waals surface area contributed by atoms with Crippen molar-refractivity contribution in [2.45, 2.75) is 38.8 Å². The molecule has 0 aliphatic carbocycles. The zero-order valence-corrected chi connectivity index (χ0v) is 9.17. The van der Waals surface area contributed by atoms with E-state index in [1.54, 1.807) is 0 Å². The van der Waals surface area contributed by atoms with Crippen molar-refractivity contribution in [1.82, 2.24) is 10.2 Å². The molecule has 0 aromatic heterocycles.